The zero-order valence-electron chi connectivity index (χ0n) is 9.15. The fourth-order valence-electron chi connectivity index (χ4n) is 1.71. The predicted molar refractivity (Wildman–Crippen MR) is 64.2 cm³/mol. The van der Waals surface area contributed by atoms with E-state index in [1.54, 1.807) is 4.90 Å². The number of benzene rings is 1. The van der Waals surface area contributed by atoms with Crippen molar-refractivity contribution in [3.05, 3.63) is 24.3 Å². The van der Waals surface area contributed by atoms with E-state index in [2.05, 4.69) is 0 Å². The maximum Gasteiger partial charge on any atom is 0.265 e. The second kappa shape index (κ2) is 4.74. The van der Waals surface area contributed by atoms with Gasteiger partial charge in [0.1, 0.15) is 5.75 Å². The number of ether oxygens (including phenoxy) is 1. The number of alkyl halides is 1. The van der Waals surface area contributed by atoms with Gasteiger partial charge >= 0.3 is 0 Å². The number of amides is 1. The molecule has 1 aliphatic rings. The third-order valence-electron chi connectivity index (χ3n) is 2.57. The van der Waals surface area contributed by atoms with Gasteiger partial charge in [0, 0.05) is 12.4 Å². The van der Waals surface area contributed by atoms with Crippen molar-refractivity contribution in [2.75, 3.05) is 23.9 Å². The summed E-state index contributed by atoms with van der Waals surface area (Å²) in [5, 5.41) is 0. The van der Waals surface area contributed by atoms with Crippen LogP contribution in [0, 0.1) is 5.92 Å². The Morgan fingerprint density at radius 1 is 1.50 bits per heavy atom. The molecule has 4 heteroatoms. The second-order valence-electron chi connectivity index (χ2n) is 4.02. The number of hydrogen-bond donors (Lipinski definition) is 0. The van der Waals surface area contributed by atoms with E-state index in [-0.39, 0.29) is 18.4 Å². The van der Waals surface area contributed by atoms with Gasteiger partial charge in [-0.25, -0.2) is 0 Å². The quantitative estimate of drug-likeness (QED) is 0.758. The van der Waals surface area contributed by atoms with Crippen LogP contribution >= 0.6 is 11.6 Å². The van der Waals surface area contributed by atoms with Crippen LogP contribution < -0.4 is 9.64 Å². The van der Waals surface area contributed by atoms with E-state index in [1.165, 1.54) is 0 Å². The maximum absolute atomic E-state index is 11.8. The first-order valence-electron chi connectivity index (χ1n) is 5.30. The number of halogens is 1. The first-order valence-corrected chi connectivity index (χ1v) is 5.84. The molecule has 1 atom stereocenters. The molecule has 16 heavy (non-hydrogen) atoms. The molecule has 3 nitrogen and oxygen atoms in total. The molecule has 0 aromatic heterocycles. The van der Waals surface area contributed by atoms with Gasteiger partial charge in [0.2, 0.25) is 0 Å². The van der Waals surface area contributed by atoms with Crippen molar-refractivity contribution in [2.45, 2.75) is 6.92 Å². The summed E-state index contributed by atoms with van der Waals surface area (Å²) in [4.78, 5) is 13.5. The minimum absolute atomic E-state index is 0.00401. The lowest BCUT2D eigenvalue weighted by Gasteiger charge is -2.30. The topological polar surface area (TPSA) is 29.5 Å². The smallest absolute Gasteiger partial charge is 0.265 e. The van der Waals surface area contributed by atoms with Crippen molar-refractivity contribution < 1.29 is 9.53 Å². The Hall–Kier alpha value is -1.22. The Kier molecular flexibility index (Phi) is 3.34. The maximum atomic E-state index is 11.8. The number of fused-ring (bicyclic) bond motifs is 1. The molecule has 0 radical (unpaired) electrons. The number of para-hydroxylation sites is 2. The van der Waals surface area contributed by atoms with E-state index < -0.39 is 0 Å². The van der Waals surface area contributed by atoms with Crippen LogP contribution in [-0.2, 0) is 4.79 Å². The summed E-state index contributed by atoms with van der Waals surface area (Å²) in [6.07, 6.45) is 0. The molecule has 0 aliphatic carbocycles. The number of hydrogen-bond acceptors (Lipinski definition) is 2. The van der Waals surface area contributed by atoms with E-state index in [9.17, 15) is 4.79 Å². The molecule has 0 bridgehead atoms. The van der Waals surface area contributed by atoms with Crippen molar-refractivity contribution >= 4 is 23.2 Å². The average molecular weight is 240 g/mol. The molecule has 1 aromatic rings. The second-order valence-corrected chi connectivity index (χ2v) is 4.33. The van der Waals surface area contributed by atoms with Gasteiger partial charge < -0.3 is 9.64 Å². The third-order valence-corrected chi connectivity index (χ3v) is 3.09. The van der Waals surface area contributed by atoms with Crippen molar-refractivity contribution in [1.82, 2.24) is 0 Å². The number of carbonyl (C=O) groups excluding carboxylic acids is 1. The van der Waals surface area contributed by atoms with Gasteiger partial charge in [0.15, 0.2) is 6.61 Å². The molecular formula is C12H14ClNO2. The van der Waals surface area contributed by atoms with Crippen molar-refractivity contribution in [3.63, 3.8) is 0 Å². The highest BCUT2D eigenvalue weighted by Gasteiger charge is 2.25. The molecule has 0 saturated heterocycles. The largest absolute Gasteiger partial charge is 0.482 e. The van der Waals surface area contributed by atoms with E-state index in [0.29, 0.717) is 12.4 Å². The molecule has 1 aliphatic heterocycles. The van der Waals surface area contributed by atoms with Crippen LogP contribution in [0.1, 0.15) is 6.92 Å². The molecule has 86 valence electrons. The fraction of sp³-hybridized carbons (Fsp3) is 0.417. The lowest BCUT2D eigenvalue weighted by Crippen LogP contribution is -2.41. The summed E-state index contributed by atoms with van der Waals surface area (Å²) in [7, 11) is 0. The molecule has 0 saturated carbocycles. The van der Waals surface area contributed by atoms with Crippen LogP contribution in [0.4, 0.5) is 5.69 Å². The lowest BCUT2D eigenvalue weighted by atomic mass is 10.1. The molecule has 1 aromatic carbocycles. The summed E-state index contributed by atoms with van der Waals surface area (Å²) in [6.45, 7) is 2.78. The minimum atomic E-state index is -0.00401. The molecular weight excluding hydrogens is 226 g/mol. The van der Waals surface area contributed by atoms with Crippen LogP contribution in [0.3, 0.4) is 0 Å². The van der Waals surface area contributed by atoms with Crippen LogP contribution in [-0.4, -0.2) is 24.9 Å². The summed E-state index contributed by atoms with van der Waals surface area (Å²) in [6, 6.07) is 7.57. The van der Waals surface area contributed by atoms with Crippen molar-refractivity contribution in [2.24, 2.45) is 5.92 Å². The Morgan fingerprint density at radius 3 is 3.00 bits per heavy atom. The number of anilines is 1. The van der Waals surface area contributed by atoms with Crippen LogP contribution in [0.5, 0.6) is 5.75 Å². The average Bonchev–Trinajstić information content (AvgIpc) is 2.32. The molecule has 1 amide bonds. The zero-order valence-corrected chi connectivity index (χ0v) is 9.91. The normalized spacial score (nSPS) is 16.6. The first kappa shape index (κ1) is 11.3. The number of carbonyl (C=O) groups is 1. The van der Waals surface area contributed by atoms with Crippen LogP contribution in [0.2, 0.25) is 0 Å². The highest BCUT2D eigenvalue weighted by atomic mass is 35.5. The minimum Gasteiger partial charge on any atom is -0.482 e. The molecule has 0 N–H and O–H groups in total. The highest BCUT2D eigenvalue weighted by Crippen LogP contribution is 2.31. The van der Waals surface area contributed by atoms with Gasteiger partial charge in [-0.1, -0.05) is 19.1 Å². The SMILES string of the molecule is CC(CCl)CN1C(=O)COc2ccccc21. The van der Waals surface area contributed by atoms with Crippen LogP contribution in [0.15, 0.2) is 24.3 Å². The number of nitrogens with zero attached hydrogens (tertiary/aromatic N) is 1. The Morgan fingerprint density at radius 2 is 2.25 bits per heavy atom. The zero-order chi connectivity index (χ0) is 11.5. The summed E-state index contributed by atoms with van der Waals surface area (Å²) >= 11 is 5.78. The third kappa shape index (κ3) is 2.14. The first-order chi connectivity index (χ1) is 7.72. The van der Waals surface area contributed by atoms with Crippen molar-refractivity contribution in [1.29, 1.82) is 0 Å². The van der Waals surface area contributed by atoms with Gasteiger partial charge in [-0.2, -0.15) is 0 Å². The number of rotatable bonds is 3. The predicted octanol–water partition coefficient (Wildman–Crippen LogP) is 2.29. The van der Waals surface area contributed by atoms with Crippen molar-refractivity contribution in [3.8, 4) is 5.75 Å². The fourth-order valence-corrected chi connectivity index (χ4v) is 1.81. The van der Waals surface area contributed by atoms with Gasteiger partial charge in [0.05, 0.1) is 5.69 Å². The van der Waals surface area contributed by atoms with Gasteiger partial charge in [-0.05, 0) is 18.1 Å². The lowest BCUT2D eigenvalue weighted by molar-refractivity contribution is -0.121. The van der Waals surface area contributed by atoms with Gasteiger partial charge in [-0.3, -0.25) is 4.79 Å². The van der Waals surface area contributed by atoms with Crippen LogP contribution in [0.25, 0.3) is 0 Å². The highest BCUT2D eigenvalue weighted by molar-refractivity contribution is 6.18. The van der Waals surface area contributed by atoms with Gasteiger partial charge in [-0.15, -0.1) is 11.6 Å². The molecule has 1 unspecified atom stereocenters. The molecule has 2 rings (SSSR count). The Labute approximate surface area is 100.0 Å². The molecule has 1 heterocycles. The monoisotopic (exact) mass is 239 g/mol. The van der Waals surface area contributed by atoms with Gasteiger partial charge in [0.25, 0.3) is 5.91 Å². The Bertz CT molecular complexity index is 394. The van der Waals surface area contributed by atoms with E-state index in [0.717, 1.165) is 11.4 Å². The standard InChI is InChI=1S/C12H14ClNO2/c1-9(6-13)7-14-10-4-2-3-5-11(10)16-8-12(14)15/h2-5,9H,6-8H2,1H3. The van der Waals surface area contributed by atoms with E-state index in [1.807, 2.05) is 31.2 Å². The molecule has 0 fully saturated rings. The Balaban J connectivity index is 2.26. The summed E-state index contributed by atoms with van der Waals surface area (Å²) < 4.78 is 5.36. The van der Waals surface area contributed by atoms with E-state index in [4.69, 9.17) is 16.3 Å². The summed E-state index contributed by atoms with van der Waals surface area (Å²) in [5.41, 5.74) is 0.843. The molecule has 0 spiro atoms. The summed E-state index contributed by atoms with van der Waals surface area (Å²) in [5.74, 6) is 1.59. The van der Waals surface area contributed by atoms with E-state index >= 15 is 0 Å².